The van der Waals surface area contributed by atoms with Crippen molar-refractivity contribution in [2.45, 2.75) is 24.5 Å². The van der Waals surface area contributed by atoms with Gasteiger partial charge in [-0.2, -0.15) is 0 Å². The van der Waals surface area contributed by atoms with Gasteiger partial charge >= 0.3 is 0 Å². The van der Waals surface area contributed by atoms with Crippen molar-refractivity contribution < 1.29 is 34.2 Å². The van der Waals surface area contributed by atoms with Crippen LogP contribution in [-0.4, -0.2) is 69.9 Å². The van der Waals surface area contributed by atoms with Crippen LogP contribution < -0.4 is 5.73 Å². The van der Waals surface area contributed by atoms with E-state index in [1.807, 2.05) is 22.6 Å². The molecular weight excluding hydrogens is 646 g/mol. The maximum atomic E-state index is 13.6. The number of ketones is 4. The van der Waals surface area contributed by atoms with Gasteiger partial charge in [-0.05, 0) is 89.7 Å². The van der Waals surface area contributed by atoms with E-state index in [1.54, 1.807) is 20.2 Å². The molecule has 2 saturated carbocycles. The van der Waals surface area contributed by atoms with Gasteiger partial charge in [0.1, 0.15) is 5.75 Å². The molecule has 32 heavy (non-hydrogen) atoms. The highest BCUT2D eigenvalue weighted by molar-refractivity contribution is 14.1. The minimum Gasteiger partial charge on any atom is -0.506 e. The van der Waals surface area contributed by atoms with E-state index in [0.29, 0.717) is 9.13 Å². The Morgan fingerprint density at radius 2 is 1.78 bits per heavy atom. The Bertz CT molecular complexity index is 1120. The van der Waals surface area contributed by atoms with E-state index < -0.39 is 64.4 Å². The number of primary amides is 1. The molecule has 2 fully saturated rings. The van der Waals surface area contributed by atoms with Crippen molar-refractivity contribution in [3.05, 3.63) is 24.3 Å². The highest BCUT2D eigenvalue weighted by Gasteiger charge is 2.69. The van der Waals surface area contributed by atoms with Crippen LogP contribution in [0.4, 0.5) is 0 Å². The molecule has 0 aromatic heterocycles. The number of likely N-dealkylation sites (N-methyl/N-ethyl adjacent to an activating group) is 1. The van der Waals surface area contributed by atoms with Gasteiger partial charge in [-0.3, -0.25) is 28.9 Å². The SMILES string of the molecule is CN(C)[C@@H]1C(=O)C(C(N)=O)C(=O)[C@@]2(O)C(=O)C3C(=O)c4c(O)c(I)cc(I)c4C[C@H]3C[C@@H]12. The third kappa shape index (κ3) is 3.03. The molecule has 0 radical (unpaired) electrons. The minimum absolute atomic E-state index is 0.0212. The van der Waals surface area contributed by atoms with E-state index in [-0.39, 0.29) is 24.2 Å². The van der Waals surface area contributed by atoms with Crippen molar-refractivity contribution >= 4 is 74.2 Å². The predicted molar refractivity (Wildman–Crippen MR) is 127 cm³/mol. The summed E-state index contributed by atoms with van der Waals surface area (Å²) in [6.07, 6.45) is 0.321. The summed E-state index contributed by atoms with van der Waals surface area (Å²) in [5.41, 5.74) is 3.23. The van der Waals surface area contributed by atoms with Gasteiger partial charge in [0.25, 0.3) is 0 Å². The standard InChI is InChI=1S/C21H20I2N2O7/c1-25(2)14-8-4-6-3-7-9(22)5-10(23)15(26)12(7)16(27)11(6)18(29)21(8,32)19(30)13(17(14)28)20(24)31/h5-6,8,11,13-14,26,32H,3-4H2,1-2H3,(H2,24,31)/t6-,8-,11?,13?,14-,21-/m0/s1. The molecule has 1 aromatic carbocycles. The summed E-state index contributed by atoms with van der Waals surface area (Å²) >= 11 is 3.95. The van der Waals surface area contributed by atoms with Gasteiger partial charge in [-0.15, -0.1) is 0 Å². The normalized spacial score (nSPS) is 34.2. The summed E-state index contributed by atoms with van der Waals surface area (Å²) < 4.78 is 1.20. The quantitative estimate of drug-likeness (QED) is 0.296. The van der Waals surface area contributed by atoms with Crippen LogP contribution in [-0.2, 0) is 25.6 Å². The first-order valence-electron chi connectivity index (χ1n) is 9.88. The molecule has 1 aromatic rings. The van der Waals surface area contributed by atoms with Gasteiger partial charge in [-0.25, -0.2) is 0 Å². The van der Waals surface area contributed by atoms with Gasteiger partial charge in [0.05, 0.1) is 21.1 Å². The van der Waals surface area contributed by atoms with Crippen molar-refractivity contribution in [3.63, 3.8) is 0 Å². The molecule has 0 heterocycles. The molecule has 4 rings (SSSR count). The number of nitrogens with two attached hydrogens (primary N) is 1. The second-order valence-electron chi connectivity index (χ2n) is 8.83. The maximum absolute atomic E-state index is 13.6. The van der Waals surface area contributed by atoms with Crippen LogP contribution in [0.15, 0.2) is 6.07 Å². The number of aromatic hydroxyl groups is 1. The molecule has 11 heteroatoms. The number of aliphatic hydroxyl groups is 1. The molecule has 0 bridgehead atoms. The summed E-state index contributed by atoms with van der Waals surface area (Å²) in [5, 5.41) is 22.0. The number of phenols is 1. The number of benzene rings is 1. The second kappa shape index (κ2) is 7.81. The monoisotopic (exact) mass is 666 g/mol. The fourth-order valence-electron chi connectivity index (χ4n) is 5.60. The molecule has 0 saturated heterocycles. The maximum Gasteiger partial charge on any atom is 0.235 e. The number of Topliss-reactive ketones (excluding diaryl/α,β-unsaturated/α-hetero) is 4. The molecule has 1 amide bonds. The zero-order chi connectivity index (χ0) is 23.9. The third-order valence-corrected chi connectivity index (χ3v) is 8.75. The van der Waals surface area contributed by atoms with E-state index in [1.165, 1.54) is 4.90 Å². The van der Waals surface area contributed by atoms with Gasteiger partial charge in [0.15, 0.2) is 34.7 Å². The molecule has 2 unspecified atom stereocenters. The number of carbonyl (C=O) groups is 5. The number of phenolic OH excluding ortho intramolecular Hbond substituents is 1. The molecule has 4 N–H and O–H groups in total. The van der Waals surface area contributed by atoms with Gasteiger partial charge in [-0.1, -0.05) is 0 Å². The lowest BCUT2D eigenvalue weighted by atomic mass is 9.52. The molecule has 0 aliphatic heterocycles. The van der Waals surface area contributed by atoms with Crippen LogP contribution in [0.25, 0.3) is 0 Å². The number of hydrogen-bond acceptors (Lipinski definition) is 8. The Labute approximate surface area is 210 Å². The first-order valence-corrected chi connectivity index (χ1v) is 12.0. The van der Waals surface area contributed by atoms with E-state index in [0.717, 1.165) is 3.57 Å². The third-order valence-electron chi connectivity index (χ3n) is 6.96. The lowest BCUT2D eigenvalue weighted by Gasteiger charge is -2.52. The van der Waals surface area contributed by atoms with Crippen molar-refractivity contribution in [1.82, 2.24) is 4.90 Å². The van der Waals surface area contributed by atoms with Crippen LogP contribution in [0.3, 0.4) is 0 Å². The molecule has 3 aliphatic rings. The first kappa shape index (κ1) is 23.7. The van der Waals surface area contributed by atoms with Crippen LogP contribution in [0.2, 0.25) is 0 Å². The van der Waals surface area contributed by atoms with Crippen molar-refractivity contribution in [2.75, 3.05) is 14.1 Å². The summed E-state index contributed by atoms with van der Waals surface area (Å²) in [5.74, 6) is -10.2. The lowest BCUT2D eigenvalue weighted by molar-refractivity contribution is -0.181. The Kier molecular flexibility index (Phi) is 5.78. The van der Waals surface area contributed by atoms with Crippen LogP contribution >= 0.6 is 45.2 Å². The average Bonchev–Trinajstić information content (AvgIpc) is 2.68. The molecule has 170 valence electrons. The molecular formula is C21H20I2N2O7. The number of carbonyl (C=O) groups excluding carboxylic acids is 5. The number of hydrogen-bond donors (Lipinski definition) is 3. The Morgan fingerprint density at radius 3 is 2.34 bits per heavy atom. The zero-order valence-electron chi connectivity index (χ0n) is 17.1. The Hall–Kier alpha value is -1.45. The van der Waals surface area contributed by atoms with E-state index in [2.05, 4.69) is 22.6 Å². The van der Waals surface area contributed by atoms with Crippen molar-refractivity contribution in [1.29, 1.82) is 0 Å². The Morgan fingerprint density at radius 1 is 1.16 bits per heavy atom. The fraction of sp³-hybridized carbons (Fsp3) is 0.476. The highest BCUT2D eigenvalue weighted by Crippen LogP contribution is 2.51. The van der Waals surface area contributed by atoms with Crippen molar-refractivity contribution in [3.8, 4) is 5.75 Å². The summed E-state index contributed by atoms with van der Waals surface area (Å²) in [6.45, 7) is 0. The van der Waals surface area contributed by atoms with Crippen LogP contribution in [0, 0.1) is 30.8 Å². The van der Waals surface area contributed by atoms with E-state index in [4.69, 9.17) is 5.73 Å². The van der Waals surface area contributed by atoms with Crippen LogP contribution in [0.5, 0.6) is 5.75 Å². The lowest BCUT2D eigenvalue weighted by Crippen LogP contribution is -2.74. The second-order valence-corrected chi connectivity index (χ2v) is 11.2. The zero-order valence-corrected chi connectivity index (χ0v) is 21.4. The molecule has 9 nitrogen and oxygen atoms in total. The van der Waals surface area contributed by atoms with E-state index >= 15 is 0 Å². The molecule has 3 aliphatic carbocycles. The topological polar surface area (TPSA) is 155 Å². The van der Waals surface area contributed by atoms with Gasteiger partial charge in [0.2, 0.25) is 5.91 Å². The average molecular weight is 666 g/mol. The number of rotatable bonds is 2. The predicted octanol–water partition coefficient (Wildman–Crippen LogP) is 0.0762. The van der Waals surface area contributed by atoms with Crippen molar-refractivity contribution in [2.24, 2.45) is 29.4 Å². The Balaban J connectivity index is 1.89. The first-order chi connectivity index (χ1) is 14.8. The smallest absolute Gasteiger partial charge is 0.235 e. The fourth-order valence-corrected chi connectivity index (χ4v) is 7.57. The summed E-state index contributed by atoms with van der Waals surface area (Å²) in [4.78, 5) is 66.6. The van der Waals surface area contributed by atoms with E-state index in [9.17, 15) is 34.2 Å². The molecule has 0 spiro atoms. The number of halogens is 2. The van der Waals surface area contributed by atoms with Gasteiger partial charge < -0.3 is 15.9 Å². The van der Waals surface area contributed by atoms with Crippen LogP contribution in [0.1, 0.15) is 22.3 Å². The highest BCUT2D eigenvalue weighted by atomic mass is 127. The number of amides is 1. The summed E-state index contributed by atoms with van der Waals surface area (Å²) in [6, 6.07) is 0.637. The largest absolute Gasteiger partial charge is 0.506 e. The number of fused-ring (bicyclic) bond motifs is 3. The van der Waals surface area contributed by atoms with Gasteiger partial charge in [0, 0.05) is 9.49 Å². The number of nitrogens with zero attached hydrogens (tertiary/aromatic N) is 1. The molecule has 6 atom stereocenters. The minimum atomic E-state index is -2.69. The summed E-state index contributed by atoms with van der Waals surface area (Å²) in [7, 11) is 3.11.